The lowest BCUT2D eigenvalue weighted by Crippen LogP contribution is -2.37. The van der Waals surface area contributed by atoms with E-state index in [9.17, 15) is 5.11 Å². The molecule has 4 heteroatoms. The second kappa shape index (κ2) is 5.89. The van der Waals surface area contributed by atoms with Crippen molar-refractivity contribution >= 4 is 0 Å². The van der Waals surface area contributed by atoms with Crippen molar-refractivity contribution in [2.24, 2.45) is 0 Å². The van der Waals surface area contributed by atoms with E-state index in [0.717, 1.165) is 5.56 Å². The molecule has 0 aliphatic carbocycles. The highest BCUT2D eigenvalue weighted by Crippen LogP contribution is 2.22. The largest absolute Gasteiger partial charge is 0.508 e. The van der Waals surface area contributed by atoms with Crippen LogP contribution in [0.25, 0.3) is 0 Å². The number of aromatic hydroxyl groups is 2. The van der Waals surface area contributed by atoms with Gasteiger partial charge in [-0.1, -0.05) is 6.07 Å². The zero-order chi connectivity index (χ0) is 12.9. The third kappa shape index (κ3) is 4.63. The van der Waals surface area contributed by atoms with E-state index in [1.54, 1.807) is 12.1 Å². The molecule has 0 amide bonds. The Balaban J connectivity index is 2.46. The lowest BCUT2D eigenvalue weighted by Gasteiger charge is -2.25. The Kier molecular flexibility index (Phi) is 4.78. The minimum atomic E-state index is -0.221. The van der Waals surface area contributed by atoms with Gasteiger partial charge in [0, 0.05) is 31.3 Å². The molecule has 0 saturated carbocycles. The van der Waals surface area contributed by atoms with Crippen LogP contribution >= 0.6 is 0 Å². The minimum Gasteiger partial charge on any atom is -0.508 e. The van der Waals surface area contributed by atoms with Crippen molar-refractivity contribution in [2.45, 2.75) is 32.9 Å². The van der Waals surface area contributed by atoms with E-state index in [0.29, 0.717) is 19.7 Å². The first-order valence-corrected chi connectivity index (χ1v) is 5.80. The molecular formula is C13H21NO3. The molecule has 0 aliphatic rings. The van der Waals surface area contributed by atoms with Gasteiger partial charge in [0.1, 0.15) is 11.5 Å². The predicted octanol–water partition coefficient (Wildman–Crippen LogP) is 2.00. The Morgan fingerprint density at radius 2 is 2.00 bits per heavy atom. The molecule has 0 aliphatic heterocycles. The van der Waals surface area contributed by atoms with Gasteiger partial charge in [0.15, 0.2) is 0 Å². The van der Waals surface area contributed by atoms with Crippen LogP contribution in [0.1, 0.15) is 26.3 Å². The second-order valence-electron chi connectivity index (χ2n) is 4.61. The molecule has 1 rings (SSSR count). The molecule has 4 nitrogen and oxygen atoms in total. The second-order valence-corrected chi connectivity index (χ2v) is 4.61. The number of hydrogen-bond acceptors (Lipinski definition) is 4. The van der Waals surface area contributed by atoms with Crippen LogP contribution in [-0.2, 0) is 11.3 Å². The summed E-state index contributed by atoms with van der Waals surface area (Å²) < 4.78 is 5.55. The van der Waals surface area contributed by atoms with E-state index >= 15 is 0 Å². The summed E-state index contributed by atoms with van der Waals surface area (Å²) >= 11 is 0. The Labute approximate surface area is 102 Å². The molecule has 0 unspecified atom stereocenters. The molecule has 0 saturated heterocycles. The molecule has 0 spiro atoms. The van der Waals surface area contributed by atoms with Gasteiger partial charge in [-0.05, 0) is 26.8 Å². The number of benzene rings is 1. The van der Waals surface area contributed by atoms with Gasteiger partial charge < -0.3 is 20.3 Å². The number of rotatable bonds is 6. The zero-order valence-electron chi connectivity index (χ0n) is 10.7. The van der Waals surface area contributed by atoms with Gasteiger partial charge in [-0.15, -0.1) is 0 Å². The first kappa shape index (κ1) is 13.8. The summed E-state index contributed by atoms with van der Waals surface area (Å²) in [6.45, 7) is 7.91. The molecule has 1 aromatic rings. The molecule has 0 heterocycles. The Morgan fingerprint density at radius 1 is 1.29 bits per heavy atom. The summed E-state index contributed by atoms with van der Waals surface area (Å²) in [6, 6.07) is 4.60. The van der Waals surface area contributed by atoms with Crippen LogP contribution < -0.4 is 5.32 Å². The first-order valence-electron chi connectivity index (χ1n) is 5.80. The number of nitrogens with one attached hydrogen (secondary N) is 1. The topological polar surface area (TPSA) is 61.7 Å². The SMILES string of the molecule is CCOC(C)(C)CNCc1ccc(O)cc1O. The van der Waals surface area contributed by atoms with Crippen LogP contribution in [0.2, 0.25) is 0 Å². The molecule has 17 heavy (non-hydrogen) atoms. The van der Waals surface area contributed by atoms with Crippen molar-refractivity contribution in [3.8, 4) is 11.5 Å². The average Bonchev–Trinajstić information content (AvgIpc) is 2.21. The molecule has 0 fully saturated rings. The van der Waals surface area contributed by atoms with Crippen LogP contribution in [0.5, 0.6) is 11.5 Å². The third-order valence-electron chi connectivity index (χ3n) is 2.47. The summed E-state index contributed by atoms with van der Waals surface area (Å²) in [5.41, 5.74) is 0.538. The zero-order valence-corrected chi connectivity index (χ0v) is 10.7. The smallest absolute Gasteiger partial charge is 0.123 e. The van der Waals surface area contributed by atoms with Crippen molar-refractivity contribution in [1.82, 2.24) is 5.32 Å². The van der Waals surface area contributed by atoms with Crippen molar-refractivity contribution in [1.29, 1.82) is 0 Å². The quantitative estimate of drug-likeness (QED) is 0.710. The summed E-state index contributed by atoms with van der Waals surface area (Å²) in [6.07, 6.45) is 0. The van der Waals surface area contributed by atoms with E-state index in [4.69, 9.17) is 9.84 Å². The first-order chi connectivity index (χ1) is 7.94. The predicted molar refractivity (Wildman–Crippen MR) is 67.2 cm³/mol. The number of phenols is 2. The summed E-state index contributed by atoms with van der Waals surface area (Å²) in [7, 11) is 0. The van der Waals surface area contributed by atoms with Crippen LogP contribution in [0, 0.1) is 0 Å². The van der Waals surface area contributed by atoms with Gasteiger partial charge in [0.25, 0.3) is 0 Å². The lowest BCUT2D eigenvalue weighted by molar-refractivity contribution is -0.00900. The number of phenolic OH excluding ortho intramolecular Hbond substituents is 2. The molecule has 1 aromatic carbocycles. The maximum absolute atomic E-state index is 9.59. The standard InChI is InChI=1S/C13H21NO3/c1-4-17-13(2,3)9-14-8-10-5-6-11(15)7-12(10)16/h5-7,14-16H,4,8-9H2,1-3H3. The van der Waals surface area contributed by atoms with Gasteiger partial charge >= 0.3 is 0 Å². The van der Waals surface area contributed by atoms with Crippen molar-refractivity contribution in [3.63, 3.8) is 0 Å². The van der Waals surface area contributed by atoms with Gasteiger partial charge in [-0.2, -0.15) is 0 Å². The Hall–Kier alpha value is -1.26. The Bertz CT molecular complexity index is 364. The summed E-state index contributed by atoms with van der Waals surface area (Å²) in [5, 5.41) is 22.0. The van der Waals surface area contributed by atoms with Crippen molar-refractivity contribution < 1.29 is 14.9 Å². The van der Waals surface area contributed by atoms with Crippen LogP contribution in [-0.4, -0.2) is 29.0 Å². The van der Waals surface area contributed by atoms with E-state index in [1.165, 1.54) is 6.07 Å². The summed E-state index contributed by atoms with van der Waals surface area (Å²) in [5.74, 6) is 0.174. The fourth-order valence-corrected chi connectivity index (χ4v) is 1.64. The monoisotopic (exact) mass is 239 g/mol. The highest BCUT2D eigenvalue weighted by molar-refractivity contribution is 5.38. The fraction of sp³-hybridized carbons (Fsp3) is 0.538. The molecule has 96 valence electrons. The third-order valence-corrected chi connectivity index (χ3v) is 2.47. The molecule has 3 N–H and O–H groups in total. The molecule has 0 atom stereocenters. The lowest BCUT2D eigenvalue weighted by atomic mass is 10.1. The van der Waals surface area contributed by atoms with E-state index < -0.39 is 0 Å². The van der Waals surface area contributed by atoms with Crippen LogP contribution in [0.3, 0.4) is 0 Å². The Morgan fingerprint density at radius 3 is 2.59 bits per heavy atom. The highest BCUT2D eigenvalue weighted by atomic mass is 16.5. The highest BCUT2D eigenvalue weighted by Gasteiger charge is 2.16. The maximum atomic E-state index is 9.59. The van der Waals surface area contributed by atoms with E-state index in [2.05, 4.69) is 5.32 Å². The van der Waals surface area contributed by atoms with Crippen LogP contribution in [0.4, 0.5) is 0 Å². The molecular weight excluding hydrogens is 218 g/mol. The number of hydrogen-bond donors (Lipinski definition) is 3. The van der Waals surface area contributed by atoms with E-state index in [1.807, 2.05) is 20.8 Å². The van der Waals surface area contributed by atoms with Crippen molar-refractivity contribution in [2.75, 3.05) is 13.2 Å². The van der Waals surface area contributed by atoms with Gasteiger partial charge in [-0.25, -0.2) is 0 Å². The minimum absolute atomic E-state index is 0.0703. The average molecular weight is 239 g/mol. The molecule has 0 bridgehead atoms. The van der Waals surface area contributed by atoms with Gasteiger partial charge in [-0.3, -0.25) is 0 Å². The molecule has 0 radical (unpaired) electrons. The summed E-state index contributed by atoms with van der Waals surface area (Å²) in [4.78, 5) is 0. The maximum Gasteiger partial charge on any atom is 0.123 e. The number of ether oxygens (including phenoxy) is 1. The fourth-order valence-electron chi connectivity index (χ4n) is 1.64. The van der Waals surface area contributed by atoms with Crippen LogP contribution in [0.15, 0.2) is 18.2 Å². The van der Waals surface area contributed by atoms with Gasteiger partial charge in [0.05, 0.1) is 5.60 Å². The molecule has 0 aromatic heterocycles. The van der Waals surface area contributed by atoms with Crippen molar-refractivity contribution in [3.05, 3.63) is 23.8 Å². The van der Waals surface area contributed by atoms with Gasteiger partial charge in [0.2, 0.25) is 0 Å². The van der Waals surface area contributed by atoms with E-state index in [-0.39, 0.29) is 17.1 Å². The normalized spacial score (nSPS) is 11.7.